The second-order valence-electron chi connectivity index (χ2n) is 5.65. The molecule has 1 saturated heterocycles. The van der Waals surface area contributed by atoms with Crippen LogP contribution in [0.3, 0.4) is 0 Å². The monoisotopic (exact) mass is 282 g/mol. The van der Waals surface area contributed by atoms with Gasteiger partial charge in [0.15, 0.2) is 0 Å². The maximum Gasteiger partial charge on any atom is 0.130 e. The topological polar surface area (TPSA) is 40.2 Å². The minimum atomic E-state index is 0.566. The van der Waals surface area contributed by atoms with E-state index in [0.29, 0.717) is 6.04 Å². The number of nitrogens with zero attached hydrogens (tertiary/aromatic N) is 2. The summed E-state index contributed by atoms with van der Waals surface area (Å²) in [6.45, 7) is 2.33. The van der Waals surface area contributed by atoms with Crippen molar-refractivity contribution in [3.05, 3.63) is 48.7 Å². The molecule has 0 unspecified atom stereocenters. The fourth-order valence-corrected chi connectivity index (χ4v) is 2.61. The second-order valence-corrected chi connectivity index (χ2v) is 5.65. The highest BCUT2D eigenvalue weighted by molar-refractivity contribution is 5.57. The van der Waals surface area contributed by atoms with E-state index >= 15 is 0 Å². The fraction of sp³-hybridized carbons (Fsp3) is 0.353. The molecule has 1 aromatic carbocycles. The highest BCUT2D eigenvalue weighted by atomic mass is 15.1. The van der Waals surface area contributed by atoms with E-state index in [1.54, 1.807) is 0 Å². The average Bonchev–Trinajstić information content (AvgIpc) is 2.53. The molecule has 0 aliphatic carbocycles. The Morgan fingerprint density at radius 2 is 1.76 bits per heavy atom. The highest BCUT2D eigenvalue weighted by Gasteiger charge is 2.16. The van der Waals surface area contributed by atoms with E-state index < -0.39 is 0 Å². The van der Waals surface area contributed by atoms with Crippen LogP contribution in [-0.4, -0.2) is 36.1 Å². The third-order valence-electron chi connectivity index (χ3n) is 3.90. The Hall–Kier alpha value is -2.07. The summed E-state index contributed by atoms with van der Waals surface area (Å²) in [6, 6.07) is 14.8. The van der Waals surface area contributed by atoms with Crippen LogP contribution in [-0.2, 0) is 0 Å². The molecule has 2 aromatic rings. The summed E-state index contributed by atoms with van der Waals surface area (Å²) in [5.74, 6) is 0.870. The average molecular weight is 282 g/mol. The van der Waals surface area contributed by atoms with E-state index in [1.807, 2.05) is 42.6 Å². The molecule has 0 bridgehead atoms. The number of nitrogens with one attached hydrogen (secondary N) is 2. The van der Waals surface area contributed by atoms with Gasteiger partial charge in [-0.25, -0.2) is 4.98 Å². The molecule has 21 heavy (non-hydrogen) atoms. The van der Waals surface area contributed by atoms with Crippen LogP contribution >= 0.6 is 0 Å². The maximum absolute atomic E-state index is 4.47. The van der Waals surface area contributed by atoms with Crippen LogP contribution < -0.4 is 10.6 Å². The van der Waals surface area contributed by atoms with Crippen molar-refractivity contribution in [1.82, 2.24) is 9.88 Å². The van der Waals surface area contributed by atoms with Gasteiger partial charge in [-0.05, 0) is 57.2 Å². The molecule has 0 radical (unpaired) electrons. The molecule has 0 atom stereocenters. The predicted molar refractivity (Wildman–Crippen MR) is 88.1 cm³/mol. The largest absolute Gasteiger partial charge is 0.381 e. The predicted octanol–water partition coefficient (Wildman–Crippen LogP) is 3.33. The lowest BCUT2D eigenvalue weighted by molar-refractivity contribution is 0.264. The lowest BCUT2D eigenvalue weighted by atomic mass is 10.1. The number of benzene rings is 1. The van der Waals surface area contributed by atoms with E-state index in [4.69, 9.17) is 0 Å². The van der Waals surface area contributed by atoms with Crippen molar-refractivity contribution in [3.63, 3.8) is 0 Å². The molecule has 2 N–H and O–H groups in total. The number of rotatable bonds is 4. The van der Waals surface area contributed by atoms with Gasteiger partial charge < -0.3 is 15.5 Å². The number of hydrogen-bond donors (Lipinski definition) is 2. The van der Waals surface area contributed by atoms with E-state index in [1.165, 1.54) is 25.9 Å². The minimum Gasteiger partial charge on any atom is -0.381 e. The van der Waals surface area contributed by atoms with Crippen LogP contribution in [0.2, 0.25) is 0 Å². The molecule has 4 heteroatoms. The van der Waals surface area contributed by atoms with Crippen LogP contribution in [0, 0.1) is 0 Å². The van der Waals surface area contributed by atoms with Crippen LogP contribution in [0.15, 0.2) is 48.7 Å². The first-order valence-electron chi connectivity index (χ1n) is 7.53. The molecular weight excluding hydrogens is 260 g/mol. The highest BCUT2D eigenvalue weighted by Crippen LogP contribution is 2.18. The number of aromatic nitrogens is 1. The molecule has 4 nitrogen and oxygen atoms in total. The van der Waals surface area contributed by atoms with Gasteiger partial charge in [-0.1, -0.05) is 18.2 Å². The van der Waals surface area contributed by atoms with Crippen LogP contribution in [0.25, 0.3) is 0 Å². The third-order valence-corrected chi connectivity index (χ3v) is 3.90. The fourth-order valence-electron chi connectivity index (χ4n) is 2.61. The summed E-state index contributed by atoms with van der Waals surface area (Å²) in [7, 11) is 2.18. The van der Waals surface area contributed by atoms with Gasteiger partial charge in [0.1, 0.15) is 5.82 Å². The van der Waals surface area contributed by atoms with Crippen molar-refractivity contribution in [2.45, 2.75) is 18.9 Å². The number of hydrogen-bond acceptors (Lipinski definition) is 4. The van der Waals surface area contributed by atoms with Crippen molar-refractivity contribution in [2.75, 3.05) is 30.8 Å². The lowest BCUT2D eigenvalue weighted by Crippen LogP contribution is -2.36. The summed E-state index contributed by atoms with van der Waals surface area (Å²) in [5, 5.41) is 6.87. The number of anilines is 3. The van der Waals surface area contributed by atoms with E-state index in [-0.39, 0.29) is 0 Å². The van der Waals surface area contributed by atoms with Crippen molar-refractivity contribution in [3.8, 4) is 0 Å². The Labute approximate surface area is 126 Å². The molecule has 3 rings (SSSR count). The summed E-state index contributed by atoms with van der Waals surface area (Å²) in [5.41, 5.74) is 2.16. The van der Waals surface area contributed by atoms with E-state index in [0.717, 1.165) is 17.2 Å². The van der Waals surface area contributed by atoms with Gasteiger partial charge in [-0.3, -0.25) is 0 Å². The Bertz CT molecular complexity index is 545. The first kappa shape index (κ1) is 13.9. The molecule has 110 valence electrons. The first-order chi connectivity index (χ1) is 10.3. The summed E-state index contributed by atoms with van der Waals surface area (Å²) in [4.78, 5) is 6.85. The number of pyridine rings is 1. The molecule has 0 saturated carbocycles. The molecule has 0 amide bonds. The van der Waals surface area contributed by atoms with Gasteiger partial charge in [-0.15, -0.1) is 0 Å². The van der Waals surface area contributed by atoms with Crippen molar-refractivity contribution in [2.24, 2.45) is 0 Å². The Kier molecular flexibility index (Phi) is 4.36. The Balaban J connectivity index is 1.57. The van der Waals surface area contributed by atoms with Crippen molar-refractivity contribution < 1.29 is 0 Å². The standard InChI is InChI=1S/C17H22N4/c1-21-11-9-15(10-12-21)19-16-7-8-17(18-13-16)20-14-5-3-2-4-6-14/h2-8,13,15,19H,9-12H2,1H3,(H,18,20). The lowest BCUT2D eigenvalue weighted by Gasteiger charge is -2.30. The third kappa shape index (κ3) is 3.95. The van der Waals surface area contributed by atoms with Crippen molar-refractivity contribution in [1.29, 1.82) is 0 Å². The summed E-state index contributed by atoms with van der Waals surface area (Å²) >= 11 is 0. The minimum absolute atomic E-state index is 0.566. The Morgan fingerprint density at radius 3 is 2.43 bits per heavy atom. The molecule has 1 fully saturated rings. The van der Waals surface area contributed by atoms with Crippen molar-refractivity contribution >= 4 is 17.2 Å². The van der Waals surface area contributed by atoms with Crippen LogP contribution in [0.4, 0.5) is 17.2 Å². The van der Waals surface area contributed by atoms with Gasteiger partial charge in [0, 0.05) is 11.7 Å². The van der Waals surface area contributed by atoms with Gasteiger partial charge in [-0.2, -0.15) is 0 Å². The quantitative estimate of drug-likeness (QED) is 0.902. The molecule has 2 heterocycles. The zero-order valence-electron chi connectivity index (χ0n) is 12.4. The zero-order chi connectivity index (χ0) is 14.5. The number of para-hydroxylation sites is 1. The normalized spacial score (nSPS) is 16.6. The Morgan fingerprint density at radius 1 is 1.00 bits per heavy atom. The molecule has 1 aromatic heterocycles. The van der Waals surface area contributed by atoms with Crippen LogP contribution in [0.1, 0.15) is 12.8 Å². The molecular formula is C17H22N4. The second kappa shape index (κ2) is 6.59. The number of likely N-dealkylation sites (tertiary alicyclic amines) is 1. The molecule has 1 aliphatic heterocycles. The molecule has 1 aliphatic rings. The summed E-state index contributed by atoms with van der Waals surface area (Å²) < 4.78 is 0. The van der Waals surface area contributed by atoms with E-state index in [9.17, 15) is 0 Å². The van der Waals surface area contributed by atoms with Gasteiger partial charge in [0.2, 0.25) is 0 Å². The number of piperidine rings is 1. The van der Waals surface area contributed by atoms with E-state index in [2.05, 4.69) is 33.6 Å². The van der Waals surface area contributed by atoms with Gasteiger partial charge in [0.25, 0.3) is 0 Å². The zero-order valence-corrected chi connectivity index (χ0v) is 12.4. The smallest absolute Gasteiger partial charge is 0.130 e. The van der Waals surface area contributed by atoms with Crippen LogP contribution in [0.5, 0.6) is 0 Å². The van der Waals surface area contributed by atoms with Gasteiger partial charge in [0.05, 0.1) is 11.9 Å². The summed E-state index contributed by atoms with van der Waals surface area (Å²) in [6.07, 6.45) is 4.30. The molecule has 0 spiro atoms. The SMILES string of the molecule is CN1CCC(Nc2ccc(Nc3ccccc3)nc2)CC1. The van der Waals surface area contributed by atoms with Gasteiger partial charge >= 0.3 is 0 Å². The first-order valence-corrected chi connectivity index (χ1v) is 7.53. The maximum atomic E-state index is 4.47.